The van der Waals surface area contributed by atoms with E-state index in [2.05, 4.69) is 5.73 Å². The Morgan fingerprint density at radius 3 is 2.11 bits per heavy atom. The van der Waals surface area contributed by atoms with Crippen LogP contribution in [0, 0.1) is 0 Å². The molecule has 9 heavy (non-hydrogen) atoms. The van der Waals surface area contributed by atoms with Crippen LogP contribution in [0.2, 0.25) is 0 Å². The van der Waals surface area contributed by atoms with Crippen LogP contribution in [0.1, 0.15) is 0 Å². The minimum Gasteiger partial charge on any atom is -0.369 e. The minimum atomic E-state index is -3.43. The van der Waals surface area contributed by atoms with E-state index in [4.69, 9.17) is 11.6 Å². The molecule has 0 rings (SSSR count). The number of carbonyl (C=O) groups is 1. The van der Waals surface area contributed by atoms with Gasteiger partial charge in [-0.3, -0.25) is 4.79 Å². The number of nitrogens with two attached hydrogens (primary N) is 1. The summed E-state index contributed by atoms with van der Waals surface area (Å²) in [5.41, 5.74) is 4.58. The van der Waals surface area contributed by atoms with Crippen molar-refractivity contribution >= 4 is 27.3 Å². The molecule has 0 saturated carbocycles. The molecule has 0 aromatic rings. The van der Waals surface area contributed by atoms with E-state index in [0.717, 1.165) is 0 Å². The van der Waals surface area contributed by atoms with E-state index < -0.39 is 26.7 Å². The van der Waals surface area contributed by atoms with Gasteiger partial charge in [-0.15, -0.1) is 11.6 Å². The van der Waals surface area contributed by atoms with E-state index in [0.29, 0.717) is 0 Å². The lowest BCUT2D eigenvalue weighted by Gasteiger charge is -1.92. The Morgan fingerprint density at radius 2 is 2.00 bits per heavy atom. The van der Waals surface area contributed by atoms with Crippen molar-refractivity contribution in [2.24, 2.45) is 5.73 Å². The number of rotatable bonds is 3. The summed E-state index contributed by atoms with van der Waals surface area (Å²) in [7, 11) is -3.43. The highest BCUT2D eigenvalue weighted by Crippen LogP contribution is 1.91. The lowest BCUT2D eigenvalue weighted by Crippen LogP contribution is -2.23. The molecule has 0 aliphatic carbocycles. The van der Waals surface area contributed by atoms with E-state index in [9.17, 15) is 13.2 Å². The fourth-order valence-electron chi connectivity index (χ4n) is 0.255. The van der Waals surface area contributed by atoms with Gasteiger partial charge in [0.1, 0.15) is 11.0 Å². The van der Waals surface area contributed by atoms with E-state index in [1.54, 1.807) is 0 Å². The highest BCUT2D eigenvalue weighted by atomic mass is 35.5. The van der Waals surface area contributed by atoms with E-state index >= 15 is 0 Å². The van der Waals surface area contributed by atoms with Crippen molar-refractivity contribution in [1.29, 1.82) is 0 Å². The molecule has 2 N–H and O–H groups in total. The maximum Gasteiger partial charge on any atom is 0.232 e. The fraction of sp³-hybridized carbons (Fsp3) is 0.667. The van der Waals surface area contributed by atoms with Crippen LogP contribution in [0.5, 0.6) is 0 Å². The van der Waals surface area contributed by atoms with E-state index in [1.807, 2.05) is 0 Å². The molecule has 0 aromatic heterocycles. The summed E-state index contributed by atoms with van der Waals surface area (Å²) in [4.78, 5) is 9.96. The van der Waals surface area contributed by atoms with E-state index in [-0.39, 0.29) is 0 Å². The summed E-state index contributed by atoms with van der Waals surface area (Å²) in [6.45, 7) is 0. The van der Waals surface area contributed by atoms with Crippen molar-refractivity contribution in [3.05, 3.63) is 0 Å². The molecule has 1 amide bonds. The Balaban J connectivity index is 4.06. The number of alkyl halides is 1. The molecule has 0 saturated heterocycles. The Morgan fingerprint density at radius 1 is 1.56 bits per heavy atom. The summed E-state index contributed by atoms with van der Waals surface area (Å²) in [5.74, 6) is -1.55. The van der Waals surface area contributed by atoms with Crippen LogP contribution in [0.25, 0.3) is 0 Å². The highest BCUT2D eigenvalue weighted by molar-refractivity contribution is 7.93. The Kier molecular flexibility index (Phi) is 2.93. The van der Waals surface area contributed by atoms with Gasteiger partial charge in [0, 0.05) is 0 Å². The zero-order valence-electron chi connectivity index (χ0n) is 4.50. The third-order valence-electron chi connectivity index (χ3n) is 0.528. The smallest absolute Gasteiger partial charge is 0.232 e. The van der Waals surface area contributed by atoms with Gasteiger partial charge in [-0.25, -0.2) is 8.42 Å². The molecule has 4 nitrogen and oxygen atoms in total. The molecule has 0 aromatic carbocycles. The zero-order chi connectivity index (χ0) is 7.49. The van der Waals surface area contributed by atoms with Crippen molar-refractivity contribution in [2.45, 2.75) is 0 Å². The third kappa shape index (κ3) is 4.23. The van der Waals surface area contributed by atoms with Gasteiger partial charge < -0.3 is 5.73 Å². The van der Waals surface area contributed by atoms with Gasteiger partial charge in [0.2, 0.25) is 5.91 Å². The van der Waals surface area contributed by atoms with Crippen LogP contribution in [-0.4, -0.2) is 25.3 Å². The number of amides is 1. The van der Waals surface area contributed by atoms with Crippen LogP contribution < -0.4 is 5.73 Å². The first-order valence-corrected chi connectivity index (χ1v) is 4.38. The minimum absolute atomic E-state index is 0.560. The largest absolute Gasteiger partial charge is 0.369 e. The van der Waals surface area contributed by atoms with Crippen molar-refractivity contribution in [2.75, 3.05) is 11.0 Å². The maximum absolute atomic E-state index is 10.4. The van der Waals surface area contributed by atoms with Gasteiger partial charge in [0.05, 0.1) is 0 Å². The molecule has 6 heteroatoms. The number of primary amides is 1. The van der Waals surface area contributed by atoms with Gasteiger partial charge in [0.25, 0.3) is 0 Å². The summed E-state index contributed by atoms with van der Waals surface area (Å²) in [6.07, 6.45) is 0. The van der Waals surface area contributed by atoms with Gasteiger partial charge in [-0.2, -0.15) is 0 Å². The molecule has 0 unspecified atom stereocenters. The average molecular weight is 172 g/mol. The normalized spacial score (nSPS) is 11.2. The fourth-order valence-corrected chi connectivity index (χ4v) is 0.997. The maximum atomic E-state index is 10.4. The molecule has 54 valence electrons. The van der Waals surface area contributed by atoms with Crippen molar-refractivity contribution in [3.8, 4) is 0 Å². The lowest BCUT2D eigenvalue weighted by atomic mass is 10.8. The first kappa shape index (κ1) is 8.71. The monoisotopic (exact) mass is 171 g/mol. The summed E-state index contributed by atoms with van der Waals surface area (Å²) in [6, 6.07) is 0. The Bertz CT molecular complexity index is 197. The van der Waals surface area contributed by atoms with Gasteiger partial charge in [-0.1, -0.05) is 0 Å². The van der Waals surface area contributed by atoms with Crippen LogP contribution in [0.15, 0.2) is 0 Å². The molecule has 0 fully saturated rings. The second-order valence-corrected chi connectivity index (χ2v) is 4.11. The number of carbonyl (C=O) groups excluding carboxylic acids is 1. The van der Waals surface area contributed by atoms with Crippen molar-refractivity contribution in [3.63, 3.8) is 0 Å². The summed E-state index contributed by atoms with van der Waals surface area (Å²) < 4.78 is 20.8. The molecule has 0 aliphatic heterocycles. The first-order chi connectivity index (χ1) is 3.98. The second kappa shape index (κ2) is 3.03. The molecule has 0 heterocycles. The summed E-state index contributed by atoms with van der Waals surface area (Å²) >= 11 is 4.94. The van der Waals surface area contributed by atoms with Crippen molar-refractivity contribution < 1.29 is 13.2 Å². The van der Waals surface area contributed by atoms with Gasteiger partial charge in [0.15, 0.2) is 9.84 Å². The predicted octanol–water partition coefficient (Wildman–Crippen LogP) is -0.917. The van der Waals surface area contributed by atoms with Crippen LogP contribution in [-0.2, 0) is 14.6 Å². The van der Waals surface area contributed by atoms with Crippen LogP contribution >= 0.6 is 11.6 Å². The third-order valence-corrected chi connectivity index (χ3v) is 2.58. The molecule has 0 aliphatic rings. The number of hydrogen-bond acceptors (Lipinski definition) is 3. The van der Waals surface area contributed by atoms with Crippen LogP contribution in [0.4, 0.5) is 0 Å². The highest BCUT2D eigenvalue weighted by Gasteiger charge is 2.11. The standard InChI is InChI=1S/C3H6ClNO3S/c4-2-9(7,8)1-3(5)6/h1-2H2,(H2,5,6). The SMILES string of the molecule is NC(=O)CS(=O)(=O)CCl. The number of halogens is 1. The molecule has 0 spiro atoms. The topological polar surface area (TPSA) is 77.2 Å². The number of hydrogen-bond donors (Lipinski definition) is 1. The lowest BCUT2D eigenvalue weighted by molar-refractivity contribution is -0.115. The van der Waals surface area contributed by atoms with E-state index in [1.165, 1.54) is 0 Å². The molecular weight excluding hydrogens is 166 g/mol. The molecular formula is C3H6ClNO3S. The number of sulfone groups is 1. The molecule has 0 atom stereocenters. The first-order valence-electron chi connectivity index (χ1n) is 2.02. The Labute approximate surface area is 57.9 Å². The summed E-state index contributed by atoms with van der Waals surface area (Å²) in [5, 5.41) is -0.560. The van der Waals surface area contributed by atoms with Gasteiger partial charge in [-0.05, 0) is 0 Å². The predicted molar refractivity (Wildman–Crippen MR) is 33.7 cm³/mol. The quantitative estimate of drug-likeness (QED) is 0.558. The molecule has 0 bridgehead atoms. The van der Waals surface area contributed by atoms with Crippen molar-refractivity contribution in [1.82, 2.24) is 0 Å². The zero-order valence-corrected chi connectivity index (χ0v) is 6.07. The van der Waals surface area contributed by atoms with Gasteiger partial charge >= 0.3 is 0 Å². The Hall–Kier alpha value is -0.290. The molecule has 0 radical (unpaired) electrons. The van der Waals surface area contributed by atoms with Crippen LogP contribution in [0.3, 0.4) is 0 Å². The average Bonchev–Trinajstić information content (AvgIpc) is 1.63. The second-order valence-electron chi connectivity index (χ2n) is 1.46.